The van der Waals surface area contributed by atoms with Gasteiger partial charge in [0.2, 0.25) is 0 Å². The second kappa shape index (κ2) is 5.90. The third-order valence-electron chi connectivity index (χ3n) is 2.97. The summed E-state index contributed by atoms with van der Waals surface area (Å²) in [5, 5.41) is 40.7. The van der Waals surface area contributed by atoms with Crippen LogP contribution in [0.4, 0.5) is 0 Å². The number of hydrogen-bond donors (Lipinski definition) is 5. The van der Waals surface area contributed by atoms with E-state index in [2.05, 4.69) is 5.32 Å². The largest absolute Gasteiger partial charge is 0.388 e. The van der Waals surface area contributed by atoms with Crippen LogP contribution >= 0.6 is 0 Å². The summed E-state index contributed by atoms with van der Waals surface area (Å²) in [4.78, 5) is 0. The monoisotopic (exact) mass is 235 g/mol. The van der Waals surface area contributed by atoms with Gasteiger partial charge in [0, 0.05) is 12.6 Å². The standard InChI is InChI=1S/C10H21NO5/c1-3-5(2)11-4-6-7(12)8(13)9(14)10(15)16-6/h5-15H,3-4H2,1-2H3/t5?,6-,7-,8+,9-,10+/m1/s1. The number of rotatable bonds is 4. The molecule has 6 nitrogen and oxygen atoms in total. The first-order valence-corrected chi connectivity index (χ1v) is 5.58. The summed E-state index contributed by atoms with van der Waals surface area (Å²) in [7, 11) is 0. The van der Waals surface area contributed by atoms with Gasteiger partial charge in [-0.3, -0.25) is 0 Å². The average Bonchev–Trinajstić information content (AvgIpc) is 2.28. The maximum atomic E-state index is 9.63. The van der Waals surface area contributed by atoms with Gasteiger partial charge in [-0.05, 0) is 13.3 Å². The molecule has 6 heteroatoms. The molecule has 1 aliphatic heterocycles. The Labute approximate surface area is 94.9 Å². The van der Waals surface area contributed by atoms with Crippen molar-refractivity contribution in [3.8, 4) is 0 Å². The topological polar surface area (TPSA) is 102 Å². The molecule has 5 N–H and O–H groups in total. The Balaban J connectivity index is 2.47. The van der Waals surface area contributed by atoms with Crippen LogP contribution in [-0.4, -0.2) is 63.7 Å². The second-order valence-electron chi connectivity index (χ2n) is 4.25. The molecule has 6 atom stereocenters. The summed E-state index contributed by atoms with van der Waals surface area (Å²) in [5.41, 5.74) is 0. The highest BCUT2D eigenvalue weighted by Crippen LogP contribution is 2.19. The molecule has 1 saturated heterocycles. The van der Waals surface area contributed by atoms with Gasteiger partial charge in [0.15, 0.2) is 6.29 Å². The van der Waals surface area contributed by atoms with Crippen molar-refractivity contribution in [2.24, 2.45) is 0 Å². The summed E-state index contributed by atoms with van der Waals surface area (Å²) in [6.45, 7) is 4.32. The van der Waals surface area contributed by atoms with Crippen molar-refractivity contribution < 1.29 is 25.2 Å². The van der Waals surface area contributed by atoms with Gasteiger partial charge in [-0.1, -0.05) is 6.92 Å². The summed E-state index contributed by atoms with van der Waals surface area (Å²) in [6.07, 6.45) is -5.29. The number of aliphatic hydroxyl groups is 4. The van der Waals surface area contributed by atoms with Crippen LogP contribution in [0.3, 0.4) is 0 Å². The number of hydrogen-bond acceptors (Lipinski definition) is 6. The maximum Gasteiger partial charge on any atom is 0.184 e. The van der Waals surface area contributed by atoms with E-state index in [-0.39, 0.29) is 6.04 Å². The van der Waals surface area contributed by atoms with Crippen molar-refractivity contribution in [3.63, 3.8) is 0 Å². The van der Waals surface area contributed by atoms with E-state index in [1.807, 2.05) is 13.8 Å². The molecule has 1 aliphatic rings. The average molecular weight is 235 g/mol. The fourth-order valence-electron chi connectivity index (χ4n) is 1.56. The van der Waals surface area contributed by atoms with Crippen molar-refractivity contribution in [2.45, 2.75) is 57.0 Å². The Bertz CT molecular complexity index is 215. The van der Waals surface area contributed by atoms with E-state index in [0.717, 1.165) is 6.42 Å². The number of aliphatic hydroxyl groups excluding tert-OH is 4. The Morgan fingerprint density at radius 3 is 2.31 bits per heavy atom. The molecule has 1 fully saturated rings. The van der Waals surface area contributed by atoms with Crippen molar-refractivity contribution in [1.82, 2.24) is 5.32 Å². The van der Waals surface area contributed by atoms with Crippen molar-refractivity contribution in [3.05, 3.63) is 0 Å². The van der Waals surface area contributed by atoms with E-state index < -0.39 is 30.7 Å². The Hall–Kier alpha value is -0.240. The smallest absolute Gasteiger partial charge is 0.184 e. The lowest BCUT2D eigenvalue weighted by molar-refractivity contribution is -0.280. The predicted octanol–water partition coefficient (Wildman–Crippen LogP) is -1.83. The Morgan fingerprint density at radius 2 is 1.75 bits per heavy atom. The highest BCUT2D eigenvalue weighted by atomic mass is 16.6. The summed E-state index contributed by atoms with van der Waals surface area (Å²) < 4.78 is 5.01. The predicted molar refractivity (Wildman–Crippen MR) is 56.7 cm³/mol. The molecule has 1 heterocycles. The second-order valence-corrected chi connectivity index (χ2v) is 4.25. The minimum atomic E-state index is -1.46. The molecular weight excluding hydrogens is 214 g/mol. The third-order valence-corrected chi connectivity index (χ3v) is 2.97. The molecule has 0 radical (unpaired) electrons. The van der Waals surface area contributed by atoms with Crippen molar-refractivity contribution in [1.29, 1.82) is 0 Å². The van der Waals surface area contributed by atoms with E-state index in [9.17, 15) is 20.4 Å². The number of ether oxygens (including phenoxy) is 1. The van der Waals surface area contributed by atoms with Gasteiger partial charge in [0.25, 0.3) is 0 Å². The van der Waals surface area contributed by atoms with E-state index in [1.54, 1.807) is 0 Å². The molecular formula is C10H21NO5. The minimum Gasteiger partial charge on any atom is -0.388 e. The van der Waals surface area contributed by atoms with Crippen LogP contribution in [-0.2, 0) is 4.74 Å². The van der Waals surface area contributed by atoms with Gasteiger partial charge in [0.1, 0.15) is 24.4 Å². The van der Waals surface area contributed by atoms with Crippen molar-refractivity contribution in [2.75, 3.05) is 6.54 Å². The SMILES string of the molecule is CCC(C)NC[C@H]1O[C@H](O)[C@H](O)[C@@H](O)[C@@H]1O. The Morgan fingerprint density at radius 1 is 1.12 bits per heavy atom. The third kappa shape index (κ3) is 3.13. The molecule has 1 unspecified atom stereocenters. The first-order chi connectivity index (χ1) is 7.47. The zero-order valence-corrected chi connectivity index (χ0v) is 9.58. The van der Waals surface area contributed by atoms with Gasteiger partial charge < -0.3 is 30.5 Å². The molecule has 0 saturated carbocycles. The van der Waals surface area contributed by atoms with Gasteiger partial charge in [-0.25, -0.2) is 0 Å². The summed E-state index contributed by atoms with van der Waals surface area (Å²) >= 11 is 0. The van der Waals surface area contributed by atoms with Crippen LogP contribution < -0.4 is 5.32 Å². The molecule has 16 heavy (non-hydrogen) atoms. The summed E-state index contributed by atoms with van der Waals surface area (Å²) in [5.74, 6) is 0. The first-order valence-electron chi connectivity index (χ1n) is 5.58. The molecule has 0 aromatic heterocycles. The van der Waals surface area contributed by atoms with Crippen LogP contribution in [0.5, 0.6) is 0 Å². The van der Waals surface area contributed by atoms with Crippen LogP contribution in [0, 0.1) is 0 Å². The van der Waals surface area contributed by atoms with Crippen LogP contribution in [0.1, 0.15) is 20.3 Å². The Kier molecular flexibility index (Phi) is 5.10. The van der Waals surface area contributed by atoms with Crippen LogP contribution in [0.25, 0.3) is 0 Å². The molecule has 0 amide bonds. The normalized spacial score (nSPS) is 42.0. The molecule has 96 valence electrons. The van der Waals surface area contributed by atoms with Gasteiger partial charge >= 0.3 is 0 Å². The lowest BCUT2D eigenvalue weighted by Crippen LogP contribution is -2.60. The van der Waals surface area contributed by atoms with E-state index in [4.69, 9.17) is 4.74 Å². The van der Waals surface area contributed by atoms with Crippen molar-refractivity contribution >= 4 is 0 Å². The zero-order chi connectivity index (χ0) is 12.3. The van der Waals surface area contributed by atoms with Gasteiger partial charge in [-0.15, -0.1) is 0 Å². The highest BCUT2D eigenvalue weighted by Gasteiger charge is 2.42. The summed E-state index contributed by atoms with van der Waals surface area (Å²) in [6, 6.07) is 0.261. The van der Waals surface area contributed by atoms with E-state index in [1.165, 1.54) is 0 Å². The van der Waals surface area contributed by atoms with Crippen LogP contribution in [0.15, 0.2) is 0 Å². The van der Waals surface area contributed by atoms with Crippen LogP contribution in [0.2, 0.25) is 0 Å². The molecule has 1 rings (SSSR count). The zero-order valence-electron chi connectivity index (χ0n) is 9.58. The molecule has 0 aromatic rings. The molecule has 0 spiro atoms. The van der Waals surface area contributed by atoms with Gasteiger partial charge in [-0.2, -0.15) is 0 Å². The van der Waals surface area contributed by atoms with Gasteiger partial charge in [0.05, 0.1) is 0 Å². The van der Waals surface area contributed by atoms with E-state index in [0.29, 0.717) is 6.54 Å². The fraction of sp³-hybridized carbons (Fsp3) is 1.00. The highest BCUT2D eigenvalue weighted by molar-refractivity contribution is 4.89. The first kappa shape index (κ1) is 13.8. The minimum absolute atomic E-state index is 0.261. The fourth-order valence-corrected chi connectivity index (χ4v) is 1.56. The number of nitrogens with one attached hydrogen (secondary N) is 1. The lowest BCUT2D eigenvalue weighted by Gasteiger charge is -2.38. The maximum absolute atomic E-state index is 9.63. The molecule has 0 bridgehead atoms. The molecule has 0 aromatic carbocycles. The van der Waals surface area contributed by atoms with E-state index >= 15 is 0 Å². The molecule has 0 aliphatic carbocycles. The lowest BCUT2D eigenvalue weighted by atomic mass is 9.99. The quantitative estimate of drug-likeness (QED) is 0.393.